The lowest BCUT2D eigenvalue weighted by Gasteiger charge is -2.34. The van der Waals surface area contributed by atoms with Crippen LogP contribution in [0.1, 0.15) is 56.6 Å². The van der Waals surface area contributed by atoms with Crippen LogP contribution in [0.15, 0.2) is 65.6 Å². The molecule has 9 nitrogen and oxygen atoms in total. The number of carbonyl (C=O) groups excluding carboxylic acids is 2. The monoisotopic (exact) mass is 689 g/mol. The molecule has 1 fully saturated rings. The summed E-state index contributed by atoms with van der Waals surface area (Å²) in [7, 11) is -1.44. The molecular weight excluding hydrogens is 649 g/mol. The highest BCUT2D eigenvalue weighted by Gasteiger charge is 2.35. The first kappa shape index (κ1) is 35.4. The van der Waals surface area contributed by atoms with Crippen molar-refractivity contribution in [1.82, 2.24) is 10.2 Å². The van der Waals surface area contributed by atoms with Gasteiger partial charge in [0.25, 0.3) is 10.0 Å². The van der Waals surface area contributed by atoms with E-state index < -0.39 is 28.5 Å². The van der Waals surface area contributed by atoms with Gasteiger partial charge in [0.1, 0.15) is 12.6 Å². The van der Waals surface area contributed by atoms with Gasteiger partial charge in [-0.1, -0.05) is 73.2 Å². The fraction of sp³-hybridized carbons (Fsp3) is 0.412. The van der Waals surface area contributed by atoms with Crippen molar-refractivity contribution in [1.29, 1.82) is 0 Å². The number of halogens is 2. The van der Waals surface area contributed by atoms with Crippen LogP contribution in [0, 0.1) is 6.92 Å². The van der Waals surface area contributed by atoms with Gasteiger partial charge in [0.05, 0.1) is 24.8 Å². The fourth-order valence-electron chi connectivity index (χ4n) is 5.64. The zero-order valence-corrected chi connectivity index (χ0v) is 28.9. The predicted molar refractivity (Wildman–Crippen MR) is 181 cm³/mol. The van der Waals surface area contributed by atoms with Gasteiger partial charge in [-0.3, -0.25) is 13.9 Å². The minimum atomic E-state index is -4.31. The molecule has 0 aromatic heterocycles. The molecule has 12 heteroatoms. The maximum absolute atomic E-state index is 14.4. The molecule has 0 radical (unpaired) electrons. The van der Waals surface area contributed by atoms with Gasteiger partial charge < -0.3 is 19.7 Å². The van der Waals surface area contributed by atoms with Gasteiger partial charge in [-0.25, -0.2) is 8.42 Å². The van der Waals surface area contributed by atoms with Crippen LogP contribution in [-0.2, 0) is 26.2 Å². The smallest absolute Gasteiger partial charge is 0.264 e. The maximum atomic E-state index is 14.4. The second-order valence-corrected chi connectivity index (χ2v) is 14.1. The highest BCUT2D eigenvalue weighted by atomic mass is 35.5. The van der Waals surface area contributed by atoms with Crippen molar-refractivity contribution in [2.45, 2.75) is 75.9 Å². The van der Waals surface area contributed by atoms with Gasteiger partial charge in [0.15, 0.2) is 11.5 Å². The first-order chi connectivity index (χ1) is 22.0. The standard InChI is InChI=1S/C34H41Cl2N3O6S/c1-5-30(34(41)37-26-9-7-6-8-10-26)38(21-24-13-14-25(35)19-29(24)36)33(40)22-39(27-15-11-23(2)12-16-27)46(42,43)28-17-18-31(44-3)32(20-28)45-4/h11-20,26,30H,5-10,21-22H2,1-4H3,(H,37,41)/t30-/m1/s1. The quantitative estimate of drug-likeness (QED) is 0.212. The third-order valence-corrected chi connectivity index (χ3v) is 10.6. The first-order valence-corrected chi connectivity index (χ1v) is 17.5. The van der Waals surface area contributed by atoms with Gasteiger partial charge in [0, 0.05) is 28.7 Å². The Morgan fingerprint density at radius 2 is 1.61 bits per heavy atom. The minimum Gasteiger partial charge on any atom is -0.493 e. The number of nitrogens with zero attached hydrogens (tertiary/aromatic N) is 2. The third-order valence-electron chi connectivity index (χ3n) is 8.24. The van der Waals surface area contributed by atoms with Crippen molar-refractivity contribution in [3.8, 4) is 11.5 Å². The van der Waals surface area contributed by atoms with Crippen LogP contribution in [0.5, 0.6) is 11.5 Å². The van der Waals surface area contributed by atoms with E-state index in [0.717, 1.165) is 42.0 Å². The molecule has 4 rings (SSSR count). The Morgan fingerprint density at radius 1 is 0.935 bits per heavy atom. The zero-order chi connectivity index (χ0) is 33.4. The van der Waals surface area contributed by atoms with Crippen LogP contribution < -0.4 is 19.1 Å². The molecule has 1 aliphatic rings. The molecule has 46 heavy (non-hydrogen) atoms. The Balaban J connectivity index is 1.75. The average Bonchev–Trinajstić information content (AvgIpc) is 3.04. The number of benzene rings is 3. The number of hydrogen-bond donors (Lipinski definition) is 1. The zero-order valence-electron chi connectivity index (χ0n) is 26.6. The summed E-state index contributed by atoms with van der Waals surface area (Å²) in [5, 5.41) is 3.91. The van der Waals surface area contributed by atoms with Crippen LogP contribution in [0.3, 0.4) is 0 Å². The van der Waals surface area contributed by atoms with E-state index in [1.54, 1.807) is 42.5 Å². The van der Waals surface area contributed by atoms with E-state index in [1.807, 2.05) is 13.8 Å². The van der Waals surface area contributed by atoms with Crippen LogP contribution in [0.4, 0.5) is 5.69 Å². The predicted octanol–water partition coefficient (Wildman–Crippen LogP) is 6.77. The molecule has 0 spiro atoms. The Bertz CT molecular complexity index is 1630. The lowest BCUT2D eigenvalue weighted by Crippen LogP contribution is -2.54. The molecule has 0 heterocycles. The lowest BCUT2D eigenvalue weighted by molar-refractivity contribution is -0.140. The number of amides is 2. The van der Waals surface area contributed by atoms with Gasteiger partial charge in [-0.05, 0) is 68.1 Å². The summed E-state index contributed by atoms with van der Waals surface area (Å²) in [6, 6.07) is 15.2. The number of methoxy groups -OCH3 is 2. The number of ether oxygens (including phenoxy) is 2. The van der Waals surface area contributed by atoms with E-state index in [4.69, 9.17) is 32.7 Å². The molecule has 1 saturated carbocycles. The van der Waals surface area contributed by atoms with Crippen molar-refractivity contribution in [2.75, 3.05) is 25.1 Å². The SMILES string of the molecule is CC[C@H](C(=O)NC1CCCCC1)N(Cc1ccc(Cl)cc1Cl)C(=O)CN(c1ccc(C)cc1)S(=O)(=O)c1ccc(OC)c(OC)c1. The molecule has 1 aliphatic carbocycles. The molecule has 3 aromatic rings. The summed E-state index contributed by atoms with van der Waals surface area (Å²) in [6.07, 6.45) is 5.26. The topological polar surface area (TPSA) is 105 Å². The van der Waals surface area contributed by atoms with Crippen molar-refractivity contribution in [2.24, 2.45) is 0 Å². The maximum Gasteiger partial charge on any atom is 0.264 e. The Hall–Kier alpha value is -3.47. The van der Waals surface area contributed by atoms with E-state index in [9.17, 15) is 18.0 Å². The van der Waals surface area contributed by atoms with Crippen LogP contribution in [-0.4, -0.2) is 58.0 Å². The summed E-state index contributed by atoms with van der Waals surface area (Å²) in [4.78, 5) is 29.5. The fourth-order valence-corrected chi connectivity index (χ4v) is 7.54. The summed E-state index contributed by atoms with van der Waals surface area (Å²) in [6.45, 7) is 3.12. The summed E-state index contributed by atoms with van der Waals surface area (Å²) >= 11 is 12.7. The number of hydrogen-bond acceptors (Lipinski definition) is 6. The van der Waals surface area contributed by atoms with Crippen LogP contribution >= 0.6 is 23.2 Å². The second-order valence-electron chi connectivity index (χ2n) is 11.4. The van der Waals surface area contributed by atoms with E-state index >= 15 is 0 Å². The van der Waals surface area contributed by atoms with Crippen LogP contribution in [0.2, 0.25) is 10.0 Å². The molecule has 1 N–H and O–H groups in total. The van der Waals surface area contributed by atoms with Crippen molar-refractivity contribution in [3.63, 3.8) is 0 Å². The molecule has 2 amide bonds. The van der Waals surface area contributed by atoms with Gasteiger partial charge in [-0.15, -0.1) is 0 Å². The van der Waals surface area contributed by atoms with Gasteiger partial charge >= 0.3 is 0 Å². The minimum absolute atomic E-state index is 0.0242. The van der Waals surface area contributed by atoms with Crippen molar-refractivity contribution < 1.29 is 27.5 Å². The van der Waals surface area contributed by atoms with E-state index in [-0.39, 0.29) is 34.8 Å². The molecule has 1 atom stereocenters. The molecule has 248 valence electrons. The Morgan fingerprint density at radius 3 is 2.22 bits per heavy atom. The summed E-state index contributed by atoms with van der Waals surface area (Å²) < 4.78 is 40.3. The van der Waals surface area contributed by atoms with E-state index in [2.05, 4.69) is 5.32 Å². The second kappa shape index (κ2) is 15.9. The van der Waals surface area contributed by atoms with Crippen molar-refractivity contribution >= 4 is 50.7 Å². The average molecular weight is 691 g/mol. The van der Waals surface area contributed by atoms with Gasteiger partial charge in [-0.2, -0.15) is 0 Å². The first-order valence-electron chi connectivity index (χ1n) is 15.3. The largest absolute Gasteiger partial charge is 0.493 e. The number of carbonyl (C=O) groups is 2. The van der Waals surface area contributed by atoms with Crippen molar-refractivity contribution in [3.05, 3.63) is 81.8 Å². The number of anilines is 1. The molecule has 0 unspecified atom stereocenters. The normalized spacial score (nSPS) is 14.3. The molecule has 0 aliphatic heterocycles. The highest BCUT2D eigenvalue weighted by Crippen LogP contribution is 2.33. The summed E-state index contributed by atoms with van der Waals surface area (Å²) in [5.74, 6) is -0.262. The Kier molecular flexibility index (Phi) is 12.2. The number of rotatable bonds is 13. The number of aryl methyl sites for hydroxylation is 1. The molecule has 0 bridgehead atoms. The third kappa shape index (κ3) is 8.46. The molecular formula is C34H41Cl2N3O6S. The van der Waals surface area contributed by atoms with E-state index in [0.29, 0.717) is 27.8 Å². The molecule has 3 aromatic carbocycles. The summed E-state index contributed by atoms with van der Waals surface area (Å²) in [5.41, 5.74) is 1.79. The Labute approximate surface area is 281 Å². The van der Waals surface area contributed by atoms with E-state index in [1.165, 1.54) is 37.3 Å². The number of sulfonamides is 1. The number of nitrogens with one attached hydrogen (secondary N) is 1. The molecule has 0 saturated heterocycles. The lowest BCUT2D eigenvalue weighted by atomic mass is 9.95. The highest BCUT2D eigenvalue weighted by molar-refractivity contribution is 7.92. The van der Waals surface area contributed by atoms with Crippen LogP contribution in [0.25, 0.3) is 0 Å². The van der Waals surface area contributed by atoms with Gasteiger partial charge in [0.2, 0.25) is 11.8 Å².